The Balaban J connectivity index is 4.27. The molecule has 13 heavy (non-hydrogen) atoms. The lowest BCUT2D eigenvalue weighted by molar-refractivity contribution is -0.146. The van der Waals surface area contributed by atoms with Crippen LogP contribution >= 0.6 is 0 Å². The van der Waals surface area contributed by atoms with Crippen LogP contribution in [0.25, 0.3) is 0 Å². The molecule has 0 aromatic carbocycles. The number of carbonyl (C=O) groups is 3. The second-order valence-corrected chi connectivity index (χ2v) is 3.48. The first-order chi connectivity index (χ1) is 5.86. The molecule has 0 aliphatic rings. The fourth-order valence-electron chi connectivity index (χ4n) is 0.702. The van der Waals surface area contributed by atoms with Crippen LogP contribution in [0.4, 0.5) is 0 Å². The van der Waals surface area contributed by atoms with Crippen molar-refractivity contribution in [3.8, 4) is 0 Å². The molecule has 0 aliphatic carbocycles. The molecule has 0 saturated carbocycles. The highest BCUT2D eigenvalue weighted by molar-refractivity contribution is 6.63. The molecule has 1 amide bonds. The molecule has 0 atom stereocenters. The number of carbonyl (C=O) groups excluding carboxylic acids is 3. The zero-order valence-electron chi connectivity index (χ0n) is 8.38. The third-order valence-electron chi connectivity index (χ3n) is 1.37. The van der Waals surface area contributed by atoms with Gasteiger partial charge in [-0.2, -0.15) is 0 Å². The van der Waals surface area contributed by atoms with Crippen LogP contribution in [-0.4, -0.2) is 23.5 Å². The third-order valence-corrected chi connectivity index (χ3v) is 1.37. The maximum Gasteiger partial charge on any atom is 0.295 e. The topological polar surface area (TPSA) is 63.2 Å². The van der Waals surface area contributed by atoms with Crippen molar-refractivity contribution in [3.05, 3.63) is 0 Å². The Morgan fingerprint density at radius 3 is 1.77 bits per heavy atom. The smallest absolute Gasteiger partial charge is 0.295 e. The Morgan fingerprint density at radius 1 is 1.00 bits per heavy atom. The summed E-state index contributed by atoms with van der Waals surface area (Å²) in [6.45, 7) is 6.63. The summed E-state index contributed by atoms with van der Waals surface area (Å²) < 4.78 is 0. The van der Waals surface area contributed by atoms with Gasteiger partial charge in [-0.25, -0.2) is 0 Å². The summed E-state index contributed by atoms with van der Waals surface area (Å²) in [5, 5.41) is 2.37. The molecule has 74 valence electrons. The number of rotatable bonds is 4. The lowest BCUT2D eigenvalue weighted by Crippen LogP contribution is -2.40. The van der Waals surface area contributed by atoms with E-state index in [0.29, 0.717) is 0 Å². The molecular formula is C9H15NO3. The van der Waals surface area contributed by atoms with Crippen molar-refractivity contribution >= 4 is 17.5 Å². The van der Waals surface area contributed by atoms with E-state index in [0.717, 1.165) is 0 Å². The van der Waals surface area contributed by atoms with Crippen molar-refractivity contribution in [2.75, 3.05) is 0 Å². The summed E-state index contributed by atoms with van der Waals surface area (Å²) in [6, 6.07) is -0.128. The minimum absolute atomic E-state index is 0.128. The molecule has 4 heteroatoms. The van der Waals surface area contributed by atoms with Crippen LogP contribution in [0.5, 0.6) is 0 Å². The van der Waals surface area contributed by atoms with Crippen LogP contribution in [0.2, 0.25) is 0 Å². The third kappa shape index (κ3) is 3.83. The first-order valence-electron chi connectivity index (χ1n) is 4.25. The summed E-state index contributed by atoms with van der Waals surface area (Å²) in [7, 11) is 0. The highest BCUT2D eigenvalue weighted by Crippen LogP contribution is 1.95. The van der Waals surface area contributed by atoms with E-state index in [4.69, 9.17) is 0 Å². The molecule has 0 radical (unpaired) electrons. The van der Waals surface area contributed by atoms with Gasteiger partial charge in [0.2, 0.25) is 5.78 Å². The molecule has 0 rings (SSSR count). The Kier molecular flexibility index (Phi) is 4.31. The zero-order chi connectivity index (χ0) is 10.6. The normalized spacial score (nSPS) is 10.3. The van der Waals surface area contributed by atoms with Gasteiger partial charge in [0.15, 0.2) is 0 Å². The summed E-state index contributed by atoms with van der Waals surface area (Å²) >= 11 is 0. The van der Waals surface area contributed by atoms with Gasteiger partial charge in [0, 0.05) is 12.0 Å². The van der Waals surface area contributed by atoms with Crippen LogP contribution in [0, 0.1) is 5.92 Å². The molecule has 4 nitrogen and oxygen atoms in total. The summed E-state index contributed by atoms with van der Waals surface area (Å²) in [5.74, 6) is -2.83. The van der Waals surface area contributed by atoms with E-state index in [-0.39, 0.29) is 6.04 Å². The minimum atomic E-state index is -0.955. The van der Waals surface area contributed by atoms with Gasteiger partial charge in [-0.05, 0) is 13.8 Å². The molecule has 0 spiro atoms. The van der Waals surface area contributed by atoms with Gasteiger partial charge in [-0.1, -0.05) is 13.8 Å². The highest BCUT2D eigenvalue weighted by Gasteiger charge is 2.24. The van der Waals surface area contributed by atoms with Gasteiger partial charge in [0.1, 0.15) is 0 Å². The minimum Gasteiger partial charge on any atom is -0.347 e. The van der Waals surface area contributed by atoms with E-state index in [2.05, 4.69) is 5.32 Å². The lowest BCUT2D eigenvalue weighted by atomic mass is 10.1. The first kappa shape index (κ1) is 11.8. The van der Waals surface area contributed by atoms with Gasteiger partial charge in [0.05, 0.1) is 0 Å². The summed E-state index contributed by atoms with van der Waals surface area (Å²) in [4.78, 5) is 33.1. The van der Waals surface area contributed by atoms with Crippen molar-refractivity contribution in [1.29, 1.82) is 0 Å². The van der Waals surface area contributed by atoms with Crippen molar-refractivity contribution < 1.29 is 14.4 Å². The molecule has 0 saturated heterocycles. The van der Waals surface area contributed by atoms with Crippen molar-refractivity contribution in [2.45, 2.75) is 33.7 Å². The van der Waals surface area contributed by atoms with Gasteiger partial charge < -0.3 is 5.32 Å². The van der Waals surface area contributed by atoms with Gasteiger partial charge >= 0.3 is 0 Å². The molecule has 0 aliphatic heterocycles. The standard InChI is InChI=1S/C9H15NO3/c1-5(2)7(11)8(12)9(13)10-6(3)4/h5-6H,1-4H3,(H,10,13). The number of Topliss-reactive ketones (excluding diaryl/α,β-unsaturated/α-hetero) is 2. The van der Waals surface area contributed by atoms with Gasteiger partial charge in [-0.15, -0.1) is 0 Å². The van der Waals surface area contributed by atoms with E-state index < -0.39 is 23.4 Å². The van der Waals surface area contributed by atoms with Gasteiger partial charge in [0.25, 0.3) is 11.7 Å². The molecule has 0 aromatic rings. The maximum absolute atomic E-state index is 11.1. The summed E-state index contributed by atoms with van der Waals surface area (Å²) in [5.41, 5.74) is 0. The quantitative estimate of drug-likeness (QED) is 0.506. The van der Waals surface area contributed by atoms with Crippen molar-refractivity contribution in [2.24, 2.45) is 5.92 Å². The van der Waals surface area contributed by atoms with Crippen LogP contribution in [-0.2, 0) is 14.4 Å². The molecule has 0 unspecified atom stereocenters. The highest BCUT2D eigenvalue weighted by atomic mass is 16.2. The Hall–Kier alpha value is -1.19. The van der Waals surface area contributed by atoms with E-state index in [1.807, 2.05) is 0 Å². The van der Waals surface area contributed by atoms with Crippen LogP contribution in [0.3, 0.4) is 0 Å². The van der Waals surface area contributed by atoms with E-state index >= 15 is 0 Å². The molecule has 1 N–H and O–H groups in total. The largest absolute Gasteiger partial charge is 0.347 e. The molecule has 0 aromatic heterocycles. The Labute approximate surface area is 77.7 Å². The zero-order valence-corrected chi connectivity index (χ0v) is 8.38. The predicted octanol–water partition coefficient (Wildman–Crippen LogP) is 0.305. The summed E-state index contributed by atoms with van der Waals surface area (Å²) in [6.07, 6.45) is 0. The SMILES string of the molecule is CC(C)NC(=O)C(=O)C(=O)C(C)C. The fraction of sp³-hybridized carbons (Fsp3) is 0.667. The average Bonchev–Trinajstić information content (AvgIpc) is 2.00. The van der Waals surface area contributed by atoms with E-state index in [1.165, 1.54) is 0 Å². The fourth-order valence-corrected chi connectivity index (χ4v) is 0.702. The van der Waals surface area contributed by atoms with Crippen LogP contribution in [0.1, 0.15) is 27.7 Å². The van der Waals surface area contributed by atoms with Crippen molar-refractivity contribution in [3.63, 3.8) is 0 Å². The predicted molar refractivity (Wildman–Crippen MR) is 48.1 cm³/mol. The van der Waals surface area contributed by atoms with E-state index in [1.54, 1.807) is 27.7 Å². The number of hydrogen-bond donors (Lipinski definition) is 1. The monoisotopic (exact) mass is 185 g/mol. The van der Waals surface area contributed by atoms with Gasteiger partial charge in [-0.3, -0.25) is 14.4 Å². The molecular weight excluding hydrogens is 170 g/mol. The van der Waals surface area contributed by atoms with Crippen LogP contribution < -0.4 is 5.32 Å². The molecule has 0 heterocycles. The molecule has 0 bridgehead atoms. The number of ketones is 2. The Morgan fingerprint density at radius 2 is 1.46 bits per heavy atom. The first-order valence-corrected chi connectivity index (χ1v) is 4.25. The second-order valence-electron chi connectivity index (χ2n) is 3.48. The average molecular weight is 185 g/mol. The van der Waals surface area contributed by atoms with Crippen LogP contribution in [0.15, 0.2) is 0 Å². The maximum atomic E-state index is 11.1. The second kappa shape index (κ2) is 4.74. The number of hydrogen-bond acceptors (Lipinski definition) is 3. The van der Waals surface area contributed by atoms with E-state index in [9.17, 15) is 14.4 Å². The number of nitrogens with one attached hydrogen (secondary N) is 1. The van der Waals surface area contributed by atoms with Crippen molar-refractivity contribution in [1.82, 2.24) is 5.32 Å². The number of amides is 1. The Bertz CT molecular complexity index is 231. The lowest BCUT2D eigenvalue weighted by Gasteiger charge is -2.07. The molecule has 0 fully saturated rings.